The maximum atomic E-state index is 11.7. The van der Waals surface area contributed by atoms with E-state index in [1.165, 1.54) is 5.56 Å². The summed E-state index contributed by atoms with van der Waals surface area (Å²) in [6.07, 6.45) is 0.969. The van der Waals surface area contributed by atoms with Crippen LogP contribution in [-0.2, 0) is 11.2 Å². The third-order valence-corrected chi connectivity index (χ3v) is 3.85. The standard InChI is InChI=1S/C14H24N2OS/c1-10(2)12(4)16-14(17)8-15-11(3)7-13-5-6-18-9-13/h5-6,9-12,15H,7-8H2,1-4H3,(H,16,17). The maximum absolute atomic E-state index is 11.7. The van der Waals surface area contributed by atoms with Crippen molar-refractivity contribution in [2.45, 2.75) is 46.2 Å². The van der Waals surface area contributed by atoms with Crippen molar-refractivity contribution in [2.24, 2.45) is 5.92 Å². The van der Waals surface area contributed by atoms with Gasteiger partial charge in [-0.3, -0.25) is 4.79 Å². The molecule has 0 saturated carbocycles. The third kappa shape index (κ3) is 5.65. The molecular formula is C14H24N2OS. The van der Waals surface area contributed by atoms with Crippen molar-refractivity contribution in [3.05, 3.63) is 22.4 Å². The Morgan fingerprint density at radius 1 is 1.33 bits per heavy atom. The van der Waals surface area contributed by atoms with Crippen LogP contribution in [-0.4, -0.2) is 24.5 Å². The van der Waals surface area contributed by atoms with Crippen LogP contribution in [0, 0.1) is 5.92 Å². The van der Waals surface area contributed by atoms with E-state index < -0.39 is 0 Å². The van der Waals surface area contributed by atoms with Gasteiger partial charge in [0.2, 0.25) is 5.91 Å². The largest absolute Gasteiger partial charge is 0.352 e. The highest BCUT2D eigenvalue weighted by atomic mass is 32.1. The summed E-state index contributed by atoms with van der Waals surface area (Å²) in [6, 6.07) is 2.68. The predicted octanol–water partition coefficient (Wildman–Crippen LogP) is 2.43. The van der Waals surface area contributed by atoms with E-state index in [4.69, 9.17) is 0 Å². The molecule has 0 saturated heterocycles. The van der Waals surface area contributed by atoms with Crippen LogP contribution in [0.3, 0.4) is 0 Å². The summed E-state index contributed by atoms with van der Waals surface area (Å²) in [5.41, 5.74) is 1.33. The zero-order valence-electron chi connectivity index (χ0n) is 11.7. The van der Waals surface area contributed by atoms with Crippen molar-refractivity contribution in [1.29, 1.82) is 0 Å². The van der Waals surface area contributed by atoms with Crippen LogP contribution in [0.2, 0.25) is 0 Å². The smallest absolute Gasteiger partial charge is 0.234 e. The quantitative estimate of drug-likeness (QED) is 0.797. The second-order valence-electron chi connectivity index (χ2n) is 5.22. The summed E-state index contributed by atoms with van der Waals surface area (Å²) >= 11 is 1.71. The number of nitrogens with one attached hydrogen (secondary N) is 2. The van der Waals surface area contributed by atoms with E-state index in [1.807, 2.05) is 6.92 Å². The fourth-order valence-corrected chi connectivity index (χ4v) is 2.25. The van der Waals surface area contributed by atoms with Crippen LogP contribution < -0.4 is 10.6 Å². The minimum absolute atomic E-state index is 0.0772. The van der Waals surface area contributed by atoms with E-state index in [2.05, 4.69) is 48.2 Å². The monoisotopic (exact) mass is 268 g/mol. The minimum atomic E-state index is 0.0772. The van der Waals surface area contributed by atoms with Crippen molar-refractivity contribution in [3.8, 4) is 0 Å². The Bertz CT molecular complexity index is 349. The first-order valence-corrected chi connectivity index (χ1v) is 7.47. The van der Waals surface area contributed by atoms with Gasteiger partial charge in [-0.2, -0.15) is 11.3 Å². The first-order chi connectivity index (χ1) is 8.49. The molecular weight excluding hydrogens is 244 g/mol. The van der Waals surface area contributed by atoms with Gasteiger partial charge >= 0.3 is 0 Å². The normalized spacial score (nSPS) is 14.5. The molecule has 4 heteroatoms. The molecule has 102 valence electrons. The summed E-state index contributed by atoms with van der Waals surface area (Å²) in [5, 5.41) is 10.5. The van der Waals surface area contributed by atoms with Crippen LogP contribution in [0.1, 0.15) is 33.3 Å². The topological polar surface area (TPSA) is 41.1 Å². The van der Waals surface area contributed by atoms with Crippen LogP contribution in [0.15, 0.2) is 16.8 Å². The molecule has 0 aliphatic carbocycles. The van der Waals surface area contributed by atoms with Crippen molar-refractivity contribution >= 4 is 17.2 Å². The first kappa shape index (κ1) is 15.2. The lowest BCUT2D eigenvalue weighted by Crippen LogP contribution is -2.43. The molecule has 0 aliphatic heterocycles. The Morgan fingerprint density at radius 2 is 2.06 bits per heavy atom. The second-order valence-corrected chi connectivity index (χ2v) is 6.00. The van der Waals surface area contributed by atoms with Crippen LogP contribution >= 0.6 is 11.3 Å². The van der Waals surface area contributed by atoms with Gasteiger partial charge in [-0.25, -0.2) is 0 Å². The van der Waals surface area contributed by atoms with Crippen LogP contribution in [0.25, 0.3) is 0 Å². The molecule has 1 aromatic heterocycles. The van der Waals surface area contributed by atoms with Crippen molar-refractivity contribution in [1.82, 2.24) is 10.6 Å². The zero-order valence-corrected chi connectivity index (χ0v) is 12.5. The Morgan fingerprint density at radius 3 is 2.61 bits per heavy atom. The molecule has 2 atom stereocenters. The van der Waals surface area contributed by atoms with Gasteiger partial charge in [-0.15, -0.1) is 0 Å². The molecule has 2 unspecified atom stereocenters. The lowest BCUT2D eigenvalue weighted by atomic mass is 10.1. The molecule has 0 bridgehead atoms. The van der Waals surface area contributed by atoms with E-state index in [1.54, 1.807) is 11.3 Å². The molecule has 1 heterocycles. The van der Waals surface area contributed by atoms with Gasteiger partial charge in [0, 0.05) is 12.1 Å². The zero-order chi connectivity index (χ0) is 13.5. The van der Waals surface area contributed by atoms with Gasteiger partial charge in [-0.05, 0) is 48.6 Å². The van der Waals surface area contributed by atoms with E-state index in [0.717, 1.165) is 6.42 Å². The summed E-state index contributed by atoms with van der Waals surface area (Å²) in [5.74, 6) is 0.547. The molecule has 18 heavy (non-hydrogen) atoms. The lowest BCUT2D eigenvalue weighted by molar-refractivity contribution is -0.121. The fourth-order valence-electron chi connectivity index (χ4n) is 1.57. The van der Waals surface area contributed by atoms with E-state index >= 15 is 0 Å². The number of rotatable bonds is 7. The second kappa shape index (κ2) is 7.54. The molecule has 3 nitrogen and oxygen atoms in total. The fraction of sp³-hybridized carbons (Fsp3) is 0.643. The molecule has 0 radical (unpaired) electrons. The van der Waals surface area contributed by atoms with Gasteiger partial charge in [0.05, 0.1) is 6.54 Å². The van der Waals surface area contributed by atoms with Crippen molar-refractivity contribution < 1.29 is 4.79 Å². The van der Waals surface area contributed by atoms with Crippen LogP contribution in [0.4, 0.5) is 0 Å². The SMILES string of the molecule is CC(Cc1ccsc1)NCC(=O)NC(C)C(C)C. The molecule has 1 amide bonds. The van der Waals surface area contributed by atoms with E-state index in [-0.39, 0.29) is 11.9 Å². The predicted molar refractivity (Wildman–Crippen MR) is 77.9 cm³/mol. The number of carbonyl (C=O) groups excluding carboxylic acids is 1. The summed E-state index contributed by atoms with van der Waals surface area (Å²) < 4.78 is 0. The number of hydrogen-bond acceptors (Lipinski definition) is 3. The first-order valence-electron chi connectivity index (χ1n) is 6.53. The number of carbonyl (C=O) groups is 1. The Balaban J connectivity index is 2.21. The van der Waals surface area contributed by atoms with Gasteiger partial charge in [-0.1, -0.05) is 13.8 Å². The average molecular weight is 268 g/mol. The highest BCUT2D eigenvalue weighted by Crippen LogP contribution is 2.08. The summed E-state index contributed by atoms with van der Waals surface area (Å²) in [7, 11) is 0. The number of amides is 1. The van der Waals surface area contributed by atoms with Gasteiger partial charge in [0.15, 0.2) is 0 Å². The molecule has 0 aromatic carbocycles. The third-order valence-electron chi connectivity index (χ3n) is 3.12. The molecule has 1 rings (SSSR count). The maximum Gasteiger partial charge on any atom is 0.234 e. The summed E-state index contributed by atoms with van der Waals surface area (Å²) in [4.78, 5) is 11.7. The van der Waals surface area contributed by atoms with Gasteiger partial charge in [0.25, 0.3) is 0 Å². The molecule has 0 fully saturated rings. The molecule has 1 aromatic rings. The highest BCUT2D eigenvalue weighted by molar-refractivity contribution is 7.07. The molecule has 2 N–H and O–H groups in total. The highest BCUT2D eigenvalue weighted by Gasteiger charge is 2.11. The van der Waals surface area contributed by atoms with Gasteiger partial charge in [0.1, 0.15) is 0 Å². The Kier molecular flexibility index (Phi) is 6.36. The minimum Gasteiger partial charge on any atom is -0.352 e. The van der Waals surface area contributed by atoms with Crippen molar-refractivity contribution in [3.63, 3.8) is 0 Å². The van der Waals surface area contributed by atoms with E-state index in [9.17, 15) is 4.79 Å². The number of hydrogen-bond donors (Lipinski definition) is 2. The van der Waals surface area contributed by atoms with Gasteiger partial charge < -0.3 is 10.6 Å². The molecule has 0 aliphatic rings. The summed E-state index contributed by atoms with van der Waals surface area (Å²) in [6.45, 7) is 8.76. The average Bonchev–Trinajstić information content (AvgIpc) is 2.79. The Labute approximate surface area is 114 Å². The van der Waals surface area contributed by atoms with Crippen LogP contribution in [0.5, 0.6) is 0 Å². The van der Waals surface area contributed by atoms with Crippen molar-refractivity contribution in [2.75, 3.05) is 6.54 Å². The molecule has 0 spiro atoms. The number of thiophene rings is 1. The lowest BCUT2D eigenvalue weighted by Gasteiger charge is -2.19. The van der Waals surface area contributed by atoms with E-state index in [0.29, 0.717) is 18.5 Å². The Hall–Kier alpha value is -0.870.